The first-order valence-electron chi connectivity index (χ1n) is 6.23. The molecule has 0 bridgehead atoms. The van der Waals surface area contributed by atoms with Crippen molar-refractivity contribution in [3.05, 3.63) is 28.1 Å². The number of amides is 1. The van der Waals surface area contributed by atoms with Crippen LogP contribution in [0.15, 0.2) is 12.3 Å². The van der Waals surface area contributed by atoms with Crippen molar-refractivity contribution in [2.75, 3.05) is 13.6 Å². The minimum absolute atomic E-state index is 0.0152. The molecule has 0 radical (unpaired) electrons. The minimum Gasteiger partial charge on any atom is -0.340 e. The Labute approximate surface area is 111 Å². The number of hydrogen-bond acceptors (Lipinski definition) is 4. The molecule has 0 spiro atoms. The standard InChI is InChI=1S/C12H18N4O3/c1-14-7-9(16(18)19)5-10(14)12(17)15(2)11(6-13)8-3-4-8/h5,7-8,11H,3-4,6,13H2,1-2H3. The lowest BCUT2D eigenvalue weighted by molar-refractivity contribution is -0.384. The molecular weight excluding hydrogens is 248 g/mol. The molecule has 0 aromatic carbocycles. The zero-order chi connectivity index (χ0) is 14.2. The monoisotopic (exact) mass is 266 g/mol. The highest BCUT2D eigenvalue weighted by atomic mass is 16.6. The van der Waals surface area contributed by atoms with Crippen molar-refractivity contribution in [3.8, 4) is 0 Å². The van der Waals surface area contributed by atoms with Crippen LogP contribution in [0, 0.1) is 16.0 Å². The highest BCUT2D eigenvalue weighted by Gasteiger charge is 2.35. The number of nitro groups is 1. The van der Waals surface area contributed by atoms with Gasteiger partial charge in [-0.05, 0) is 18.8 Å². The van der Waals surface area contributed by atoms with Gasteiger partial charge >= 0.3 is 0 Å². The molecule has 1 aromatic heterocycles. The zero-order valence-corrected chi connectivity index (χ0v) is 11.1. The highest BCUT2D eigenvalue weighted by molar-refractivity contribution is 5.93. The topological polar surface area (TPSA) is 94.4 Å². The van der Waals surface area contributed by atoms with Gasteiger partial charge in [-0.25, -0.2) is 0 Å². The molecule has 1 fully saturated rings. The maximum atomic E-state index is 12.4. The predicted molar refractivity (Wildman–Crippen MR) is 69.7 cm³/mol. The normalized spacial score (nSPS) is 16.2. The fraction of sp³-hybridized carbons (Fsp3) is 0.583. The van der Waals surface area contributed by atoms with Gasteiger partial charge in [0.2, 0.25) is 0 Å². The van der Waals surface area contributed by atoms with Crippen LogP contribution in [0.2, 0.25) is 0 Å². The molecule has 0 aliphatic heterocycles. The Morgan fingerprint density at radius 2 is 2.32 bits per heavy atom. The van der Waals surface area contributed by atoms with Crippen LogP contribution < -0.4 is 5.73 Å². The van der Waals surface area contributed by atoms with Crippen LogP contribution in [0.4, 0.5) is 5.69 Å². The number of aromatic nitrogens is 1. The van der Waals surface area contributed by atoms with E-state index >= 15 is 0 Å². The lowest BCUT2D eigenvalue weighted by Gasteiger charge is -2.27. The van der Waals surface area contributed by atoms with Crippen LogP contribution in [0.1, 0.15) is 23.3 Å². The van der Waals surface area contributed by atoms with Gasteiger partial charge in [0.05, 0.1) is 11.1 Å². The number of carbonyl (C=O) groups is 1. The molecule has 0 saturated heterocycles. The molecule has 1 aliphatic rings. The smallest absolute Gasteiger partial charge is 0.287 e. The highest BCUT2D eigenvalue weighted by Crippen LogP contribution is 2.35. The number of rotatable bonds is 5. The van der Waals surface area contributed by atoms with Crippen molar-refractivity contribution in [1.29, 1.82) is 0 Å². The lowest BCUT2D eigenvalue weighted by atomic mass is 10.1. The third-order valence-corrected chi connectivity index (χ3v) is 3.65. The Balaban J connectivity index is 2.20. The molecule has 19 heavy (non-hydrogen) atoms. The average Bonchev–Trinajstić information content (AvgIpc) is 3.11. The van der Waals surface area contributed by atoms with Gasteiger partial charge in [0.15, 0.2) is 0 Å². The summed E-state index contributed by atoms with van der Waals surface area (Å²) >= 11 is 0. The summed E-state index contributed by atoms with van der Waals surface area (Å²) in [6.07, 6.45) is 3.52. The van der Waals surface area contributed by atoms with Crippen LogP contribution in [-0.2, 0) is 7.05 Å². The molecule has 1 unspecified atom stereocenters. The van der Waals surface area contributed by atoms with E-state index in [0.717, 1.165) is 12.8 Å². The molecule has 7 heteroatoms. The Bertz CT molecular complexity index is 507. The Hall–Kier alpha value is -1.89. The number of nitrogens with zero attached hydrogens (tertiary/aromatic N) is 3. The average molecular weight is 266 g/mol. The fourth-order valence-corrected chi connectivity index (χ4v) is 2.34. The van der Waals surface area contributed by atoms with Crippen LogP contribution in [0.3, 0.4) is 0 Å². The number of nitrogens with two attached hydrogens (primary N) is 1. The van der Waals surface area contributed by atoms with E-state index in [4.69, 9.17) is 5.73 Å². The number of aryl methyl sites for hydroxylation is 1. The summed E-state index contributed by atoms with van der Waals surface area (Å²) < 4.78 is 1.48. The van der Waals surface area contributed by atoms with E-state index in [0.29, 0.717) is 18.2 Å². The Morgan fingerprint density at radius 3 is 2.74 bits per heavy atom. The predicted octanol–water partition coefficient (Wildman–Crippen LogP) is 0.743. The van der Waals surface area contributed by atoms with Gasteiger partial charge in [-0.2, -0.15) is 0 Å². The largest absolute Gasteiger partial charge is 0.340 e. The maximum absolute atomic E-state index is 12.4. The van der Waals surface area contributed by atoms with Crippen molar-refractivity contribution in [1.82, 2.24) is 9.47 Å². The van der Waals surface area contributed by atoms with Crippen LogP contribution in [0.5, 0.6) is 0 Å². The third kappa shape index (κ3) is 2.60. The van der Waals surface area contributed by atoms with E-state index in [1.807, 2.05) is 0 Å². The number of likely N-dealkylation sites (N-methyl/N-ethyl adjacent to an activating group) is 1. The quantitative estimate of drug-likeness (QED) is 0.628. The van der Waals surface area contributed by atoms with Gasteiger partial charge < -0.3 is 15.2 Å². The summed E-state index contributed by atoms with van der Waals surface area (Å²) in [6, 6.07) is 1.32. The van der Waals surface area contributed by atoms with Crippen molar-refractivity contribution in [2.24, 2.45) is 18.7 Å². The molecule has 2 N–H and O–H groups in total. The van der Waals surface area contributed by atoms with E-state index in [9.17, 15) is 14.9 Å². The SMILES string of the molecule is CN(C(=O)c1cc([N+](=O)[O-])cn1C)C(CN)C1CC1. The molecule has 1 heterocycles. The van der Waals surface area contributed by atoms with Crippen LogP contribution in [-0.4, -0.2) is 39.9 Å². The molecule has 1 aliphatic carbocycles. The lowest BCUT2D eigenvalue weighted by Crippen LogP contribution is -2.43. The van der Waals surface area contributed by atoms with Gasteiger partial charge in [0.1, 0.15) is 5.69 Å². The first kappa shape index (κ1) is 13.5. The molecule has 1 aromatic rings. The van der Waals surface area contributed by atoms with Gasteiger partial charge in [-0.3, -0.25) is 14.9 Å². The molecular formula is C12H18N4O3. The van der Waals surface area contributed by atoms with Crippen molar-refractivity contribution >= 4 is 11.6 Å². The van der Waals surface area contributed by atoms with Gasteiger partial charge in [-0.15, -0.1) is 0 Å². The molecule has 2 rings (SSSR count). The summed E-state index contributed by atoms with van der Waals surface area (Å²) in [7, 11) is 3.33. The van der Waals surface area contributed by atoms with E-state index in [2.05, 4.69) is 0 Å². The second kappa shape index (κ2) is 5.00. The summed E-state index contributed by atoms with van der Waals surface area (Å²) in [5, 5.41) is 10.7. The van der Waals surface area contributed by atoms with Crippen LogP contribution in [0.25, 0.3) is 0 Å². The number of carbonyl (C=O) groups excluding carboxylic acids is 1. The molecule has 1 atom stereocenters. The maximum Gasteiger partial charge on any atom is 0.287 e. The molecule has 1 saturated carbocycles. The van der Waals surface area contributed by atoms with Crippen molar-refractivity contribution in [2.45, 2.75) is 18.9 Å². The Morgan fingerprint density at radius 1 is 1.68 bits per heavy atom. The summed E-state index contributed by atoms with van der Waals surface area (Å²) in [6.45, 7) is 0.416. The van der Waals surface area contributed by atoms with Gasteiger partial charge in [0.25, 0.3) is 11.6 Å². The van der Waals surface area contributed by atoms with Gasteiger partial charge in [0, 0.05) is 32.7 Å². The molecule has 1 amide bonds. The molecule has 7 nitrogen and oxygen atoms in total. The second-order valence-corrected chi connectivity index (χ2v) is 5.01. The third-order valence-electron chi connectivity index (χ3n) is 3.65. The summed E-state index contributed by atoms with van der Waals surface area (Å²) in [4.78, 5) is 24.2. The minimum atomic E-state index is -0.502. The van der Waals surface area contributed by atoms with E-state index < -0.39 is 4.92 Å². The van der Waals surface area contributed by atoms with Crippen molar-refractivity contribution < 1.29 is 9.72 Å². The van der Waals surface area contributed by atoms with E-state index in [-0.39, 0.29) is 17.6 Å². The van der Waals surface area contributed by atoms with E-state index in [1.165, 1.54) is 16.8 Å². The summed E-state index contributed by atoms with van der Waals surface area (Å²) in [5.41, 5.74) is 5.95. The van der Waals surface area contributed by atoms with E-state index in [1.54, 1.807) is 19.0 Å². The van der Waals surface area contributed by atoms with Crippen LogP contribution >= 0.6 is 0 Å². The zero-order valence-electron chi connectivity index (χ0n) is 11.1. The van der Waals surface area contributed by atoms with Gasteiger partial charge in [-0.1, -0.05) is 0 Å². The van der Waals surface area contributed by atoms with Crippen molar-refractivity contribution in [3.63, 3.8) is 0 Å². The second-order valence-electron chi connectivity index (χ2n) is 5.01. The first-order chi connectivity index (χ1) is 8.95. The molecule has 104 valence electrons. The Kier molecular flexibility index (Phi) is 3.57. The number of hydrogen-bond donors (Lipinski definition) is 1. The summed E-state index contributed by atoms with van der Waals surface area (Å²) in [5.74, 6) is 0.243. The first-order valence-corrected chi connectivity index (χ1v) is 6.23. The fourth-order valence-electron chi connectivity index (χ4n) is 2.34.